The van der Waals surface area contributed by atoms with Crippen molar-refractivity contribution in [2.45, 2.75) is 37.7 Å². The van der Waals surface area contributed by atoms with E-state index in [0.29, 0.717) is 17.4 Å². The van der Waals surface area contributed by atoms with E-state index in [1.807, 2.05) is 6.92 Å². The topological polar surface area (TPSA) is 75.6 Å². The highest BCUT2D eigenvalue weighted by Gasteiger charge is 2.16. The van der Waals surface area contributed by atoms with Crippen LogP contribution in [0, 0.1) is 0 Å². The molecule has 0 radical (unpaired) electrons. The number of rotatable bonds is 8. The number of benzene rings is 1. The van der Waals surface area contributed by atoms with E-state index in [9.17, 15) is 8.42 Å². The lowest BCUT2D eigenvalue weighted by Crippen LogP contribution is -2.30. The molecule has 0 aliphatic heterocycles. The molecule has 0 bridgehead atoms. The average molecular weight is 322 g/mol. The van der Waals surface area contributed by atoms with Gasteiger partial charge in [-0.25, -0.2) is 13.1 Å². The Hall–Kier alpha value is -0.820. The van der Waals surface area contributed by atoms with E-state index in [-0.39, 0.29) is 11.4 Å². The van der Waals surface area contributed by atoms with Gasteiger partial charge in [0.05, 0.1) is 22.6 Å². The number of nitrogens with one attached hydrogen (secondary N) is 1. The highest BCUT2D eigenvalue weighted by molar-refractivity contribution is 7.89. The zero-order valence-electron chi connectivity index (χ0n) is 11.6. The van der Waals surface area contributed by atoms with Gasteiger partial charge in [-0.1, -0.05) is 24.9 Å². The number of hydrogen-bond acceptors (Lipinski definition) is 4. The number of aliphatic hydroxyl groups excluding tert-OH is 1. The lowest BCUT2D eigenvalue weighted by Gasteiger charge is -2.11. The lowest BCUT2D eigenvalue weighted by molar-refractivity contribution is 0.198. The largest absolute Gasteiger partial charge is 0.492 e. The fourth-order valence-corrected chi connectivity index (χ4v) is 2.71. The van der Waals surface area contributed by atoms with Gasteiger partial charge in [0.2, 0.25) is 10.0 Å². The van der Waals surface area contributed by atoms with Crippen LogP contribution in [0.1, 0.15) is 26.7 Å². The van der Waals surface area contributed by atoms with Crippen LogP contribution in [-0.2, 0) is 10.0 Å². The summed E-state index contributed by atoms with van der Waals surface area (Å²) in [4.78, 5) is 0.0639. The fraction of sp³-hybridized carbons (Fsp3) is 0.538. The second-order valence-corrected chi connectivity index (χ2v) is 6.67. The number of halogens is 1. The van der Waals surface area contributed by atoms with Gasteiger partial charge >= 0.3 is 0 Å². The van der Waals surface area contributed by atoms with Gasteiger partial charge in [-0.15, -0.1) is 0 Å². The molecule has 114 valence electrons. The Labute approximate surface area is 125 Å². The SMILES string of the molecule is CCCCOc1cc(S(=O)(=O)NC[C@H](C)O)ccc1Cl. The molecule has 1 aromatic carbocycles. The van der Waals surface area contributed by atoms with Crippen LogP contribution >= 0.6 is 11.6 Å². The predicted octanol–water partition coefficient (Wildman–Crippen LogP) is 2.18. The summed E-state index contributed by atoms with van der Waals surface area (Å²) in [6, 6.07) is 4.28. The van der Waals surface area contributed by atoms with Gasteiger partial charge < -0.3 is 9.84 Å². The molecule has 7 heteroatoms. The first kappa shape index (κ1) is 17.2. The molecule has 0 spiro atoms. The van der Waals surface area contributed by atoms with E-state index in [2.05, 4.69) is 4.72 Å². The second kappa shape index (κ2) is 7.83. The quantitative estimate of drug-likeness (QED) is 0.720. The van der Waals surface area contributed by atoms with Crippen molar-refractivity contribution in [3.05, 3.63) is 23.2 Å². The summed E-state index contributed by atoms with van der Waals surface area (Å²) in [5.41, 5.74) is 0. The molecule has 0 aliphatic rings. The highest BCUT2D eigenvalue weighted by atomic mass is 35.5. The molecule has 1 aromatic rings. The lowest BCUT2D eigenvalue weighted by atomic mass is 10.3. The summed E-state index contributed by atoms with van der Waals surface area (Å²) in [5.74, 6) is 0.347. The minimum atomic E-state index is -3.67. The smallest absolute Gasteiger partial charge is 0.240 e. The monoisotopic (exact) mass is 321 g/mol. The number of hydrogen-bond donors (Lipinski definition) is 2. The normalized spacial score (nSPS) is 13.2. The van der Waals surface area contributed by atoms with Gasteiger partial charge in [-0.3, -0.25) is 0 Å². The molecule has 0 aromatic heterocycles. The van der Waals surface area contributed by atoms with E-state index in [0.717, 1.165) is 12.8 Å². The van der Waals surface area contributed by atoms with Gasteiger partial charge in [0.1, 0.15) is 5.75 Å². The van der Waals surface area contributed by atoms with Crippen molar-refractivity contribution >= 4 is 21.6 Å². The Morgan fingerprint density at radius 2 is 2.15 bits per heavy atom. The summed E-state index contributed by atoms with van der Waals surface area (Å²) in [6.07, 6.45) is 1.09. The number of sulfonamides is 1. The van der Waals surface area contributed by atoms with Gasteiger partial charge in [0.25, 0.3) is 0 Å². The van der Waals surface area contributed by atoms with Crippen LogP contribution in [0.5, 0.6) is 5.75 Å². The third-order valence-corrected chi connectivity index (χ3v) is 4.27. The second-order valence-electron chi connectivity index (χ2n) is 4.50. The number of aliphatic hydroxyl groups is 1. The minimum Gasteiger partial charge on any atom is -0.492 e. The Kier molecular flexibility index (Phi) is 6.75. The highest BCUT2D eigenvalue weighted by Crippen LogP contribution is 2.27. The summed E-state index contributed by atoms with van der Waals surface area (Å²) in [6.45, 7) is 3.98. The first-order chi connectivity index (χ1) is 9.36. The standard InChI is InChI=1S/C13H20ClNO4S/c1-3-4-7-19-13-8-11(5-6-12(13)14)20(17,18)15-9-10(2)16/h5-6,8,10,15-16H,3-4,7,9H2,1-2H3/t10-/m0/s1. The van der Waals surface area contributed by atoms with Crippen molar-refractivity contribution in [2.75, 3.05) is 13.2 Å². The van der Waals surface area contributed by atoms with Crippen molar-refractivity contribution < 1.29 is 18.3 Å². The minimum absolute atomic E-state index is 0.0447. The van der Waals surface area contributed by atoms with E-state index in [4.69, 9.17) is 21.4 Å². The van der Waals surface area contributed by atoms with E-state index >= 15 is 0 Å². The molecule has 0 heterocycles. The Bertz CT molecular complexity index is 531. The maximum Gasteiger partial charge on any atom is 0.240 e. The van der Waals surface area contributed by atoms with Crippen LogP contribution in [0.25, 0.3) is 0 Å². The van der Waals surface area contributed by atoms with E-state index < -0.39 is 16.1 Å². The van der Waals surface area contributed by atoms with Gasteiger partial charge in [0, 0.05) is 12.6 Å². The molecular weight excluding hydrogens is 302 g/mol. The molecule has 0 unspecified atom stereocenters. The molecule has 20 heavy (non-hydrogen) atoms. The third-order valence-electron chi connectivity index (χ3n) is 2.54. The average Bonchev–Trinajstić information content (AvgIpc) is 2.39. The van der Waals surface area contributed by atoms with Crippen molar-refractivity contribution in [1.82, 2.24) is 4.72 Å². The summed E-state index contributed by atoms with van der Waals surface area (Å²) >= 11 is 5.97. The zero-order chi connectivity index (χ0) is 15.2. The third kappa shape index (κ3) is 5.28. The Balaban J connectivity index is 2.87. The molecule has 1 rings (SSSR count). The molecule has 0 saturated carbocycles. The van der Waals surface area contributed by atoms with Crippen LogP contribution in [0.3, 0.4) is 0 Å². The molecule has 0 fully saturated rings. The van der Waals surface area contributed by atoms with Gasteiger partial charge in [-0.05, 0) is 25.5 Å². The van der Waals surface area contributed by atoms with Crippen LogP contribution < -0.4 is 9.46 Å². The molecule has 1 atom stereocenters. The maximum absolute atomic E-state index is 12.0. The Morgan fingerprint density at radius 1 is 1.45 bits per heavy atom. The van der Waals surface area contributed by atoms with Crippen molar-refractivity contribution in [1.29, 1.82) is 0 Å². The summed E-state index contributed by atoms with van der Waals surface area (Å²) in [7, 11) is -3.67. The van der Waals surface area contributed by atoms with Crippen LogP contribution in [0.2, 0.25) is 5.02 Å². The molecule has 5 nitrogen and oxygen atoms in total. The molecule has 0 amide bonds. The number of ether oxygens (including phenoxy) is 1. The van der Waals surface area contributed by atoms with Crippen LogP contribution in [0.15, 0.2) is 23.1 Å². The van der Waals surface area contributed by atoms with Gasteiger partial charge in [0.15, 0.2) is 0 Å². The van der Waals surface area contributed by atoms with Crippen LogP contribution in [-0.4, -0.2) is 32.8 Å². The van der Waals surface area contributed by atoms with Crippen molar-refractivity contribution in [2.24, 2.45) is 0 Å². The Morgan fingerprint density at radius 3 is 2.75 bits per heavy atom. The van der Waals surface area contributed by atoms with Crippen LogP contribution in [0.4, 0.5) is 0 Å². The fourth-order valence-electron chi connectivity index (χ4n) is 1.40. The number of unbranched alkanes of at least 4 members (excludes halogenated alkanes) is 1. The first-order valence-electron chi connectivity index (χ1n) is 6.47. The van der Waals surface area contributed by atoms with Gasteiger partial charge in [-0.2, -0.15) is 0 Å². The first-order valence-corrected chi connectivity index (χ1v) is 8.33. The van der Waals surface area contributed by atoms with Crippen molar-refractivity contribution in [3.63, 3.8) is 0 Å². The summed E-state index contributed by atoms with van der Waals surface area (Å²) < 4.78 is 31.8. The molecular formula is C13H20ClNO4S. The zero-order valence-corrected chi connectivity index (χ0v) is 13.2. The van der Waals surface area contributed by atoms with E-state index in [1.54, 1.807) is 0 Å². The summed E-state index contributed by atoms with van der Waals surface area (Å²) in [5, 5.41) is 9.50. The van der Waals surface area contributed by atoms with E-state index in [1.165, 1.54) is 25.1 Å². The molecule has 0 aliphatic carbocycles. The molecule has 0 saturated heterocycles. The predicted molar refractivity (Wildman–Crippen MR) is 78.7 cm³/mol. The van der Waals surface area contributed by atoms with Crippen molar-refractivity contribution in [3.8, 4) is 5.75 Å². The maximum atomic E-state index is 12.0. The molecule has 2 N–H and O–H groups in total.